The third kappa shape index (κ3) is 1.94. The lowest BCUT2D eigenvalue weighted by molar-refractivity contribution is -0.141. The Morgan fingerprint density at radius 1 is 1.33 bits per heavy atom. The molecule has 0 bridgehead atoms. The quantitative estimate of drug-likeness (QED) is 0.852. The minimum absolute atomic E-state index is 0.259. The summed E-state index contributed by atoms with van der Waals surface area (Å²) in [5.74, 6) is 0.0274. The van der Waals surface area contributed by atoms with Gasteiger partial charge in [-0.3, -0.25) is 4.79 Å². The molecule has 1 aromatic heterocycles. The molecule has 2 aliphatic rings. The fourth-order valence-corrected chi connectivity index (χ4v) is 2.99. The van der Waals surface area contributed by atoms with Gasteiger partial charge in [0.2, 0.25) is 0 Å². The first-order valence-corrected chi connectivity index (χ1v) is 6.56. The number of carboxylic acids is 1. The van der Waals surface area contributed by atoms with Gasteiger partial charge in [0.25, 0.3) is 0 Å². The van der Waals surface area contributed by atoms with Crippen molar-refractivity contribution in [2.24, 2.45) is 5.92 Å². The van der Waals surface area contributed by atoms with Gasteiger partial charge in [-0.15, -0.1) is 0 Å². The van der Waals surface area contributed by atoms with Gasteiger partial charge in [0.1, 0.15) is 12.1 Å². The average molecular weight is 247 g/mol. The molecule has 0 radical (unpaired) electrons. The van der Waals surface area contributed by atoms with Crippen LogP contribution in [0.2, 0.25) is 0 Å². The molecular formula is C13H17N3O2. The number of aliphatic carboxylic acids is 1. The molecule has 5 nitrogen and oxygen atoms in total. The van der Waals surface area contributed by atoms with Crippen LogP contribution in [0.25, 0.3) is 0 Å². The number of carboxylic acid groups (broad SMARTS) is 1. The van der Waals surface area contributed by atoms with Crippen LogP contribution in [0.1, 0.15) is 30.5 Å². The standard InChI is InChI=1S/C13H17N3O2/c17-13(18)9-3-2-6-16(7-9)12-10-4-1-5-11(10)14-8-15-12/h8-9H,1-7H2,(H,17,18). The first-order chi connectivity index (χ1) is 8.75. The van der Waals surface area contributed by atoms with Gasteiger partial charge in [-0.1, -0.05) is 0 Å². The number of anilines is 1. The molecule has 1 saturated heterocycles. The van der Waals surface area contributed by atoms with Crippen LogP contribution in [0.3, 0.4) is 0 Å². The van der Waals surface area contributed by atoms with Crippen LogP contribution in [0.5, 0.6) is 0 Å². The molecule has 1 aliphatic carbocycles. The summed E-state index contributed by atoms with van der Waals surface area (Å²) in [5, 5.41) is 9.14. The summed E-state index contributed by atoms with van der Waals surface area (Å²) in [6.45, 7) is 1.49. The maximum Gasteiger partial charge on any atom is 0.308 e. The number of hydrogen-bond acceptors (Lipinski definition) is 4. The van der Waals surface area contributed by atoms with E-state index in [1.807, 2.05) is 0 Å². The van der Waals surface area contributed by atoms with E-state index in [4.69, 9.17) is 5.11 Å². The summed E-state index contributed by atoms with van der Waals surface area (Å²) in [5.41, 5.74) is 2.39. The molecule has 0 amide bonds. The second-order valence-electron chi connectivity index (χ2n) is 5.10. The molecule has 1 atom stereocenters. The number of aryl methyl sites for hydroxylation is 1. The molecule has 5 heteroatoms. The number of nitrogens with zero attached hydrogens (tertiary/aromatic N) is 3. The van der Waals surface area contributed by atoms with E-state index in [1.54, 1.807) is 6.33 Å². The molecular weight excluding hydrogens is 230 g/mol. The molecule has 1 N–H and O–H groups in total. The molecule has 1 fully saturated rings. The highest BCUT2D eigenvalue weighted by molar-refractivity contribution is 5.71. The van der Waals surface area contributed by atoms with E-state index in [1.165, 1.54) is 5.56 Å². The van der Waals surface area contributed by atoms with Gasteiger partial charge in [0.15, 0.2) is 0 Å². The van der Waals surface area contributed by atoms with Crippen LogP contribution in [-0.4, -0.2) is 34.1 Å². The van der Waals surface area contributed by atoms with Crippen LogP contribution >= 0.6 is 0 Å². The van der Waals surface area contributed by atoms with Gasteiger partial charge >= 0.3 is 5.97 Å². The molecule has 1 aromatic rings. The lowest BCUT2D eigenvalue weighted by Gasteiger charge is -2.32. The van der Waals surface area contributed by atoms with Crippen molar-refractivity contribution >= 4 is 11.8 Å². The smallest absolute Gasteiger partial charge is 0.308 e. The Kier molecular flexibility index (Phi) is 2.89. The Labute approximate surface area is 106 Å². The van der Waals surface area contributed by atoms with Gasteiger partial charge in [-0.25, -0.2) is 9.97 Å². The van der Waals surface area contributed by atoms with E-state index in [-0.39, 0.29) is 5.92 Å². The first kappa shape index (κ1) is 11.4. The van der Waals surface area contributed by atoms with Crippen molar-refractivity contribution in [2.45, 2.75) is 32.1 Å². The van der Waals surface area contributed by atoms with E-state index in [0.29, 0.717) is 6.54 Å². The van der Waals surface area contributed by atoms with Gasteiger partial charge in [0.05, 0.1) is 5.92 Å². The molecule has 18 heavy (non-hydrogen) atoms. The highest BCUT2D eigenvalue weighted by Crippen LogP contribution is 2.30. The fourth-order valence-electron chi connectivity index (χ4n) is 2.99. The lowest BCUT2D eigenvalue weighted by atomic mass is 9.98. The molecule has 0 spiro atoms. The number of piperidine rings is 1. The molecule has 1 aliphatic heterocycles. The van der Waals surface area contributed by atoms with Crippen molar-refractivity contribution in [1.29, 1.82) is 0 Å². The topological polar surface area (TPSA) is 66.3 Å². The van der Waals surface area contributed by atoms with E-state index in [2.05, 4.69) is 14.9 Å². The van der Waals surface area contributed by atoms with Gasteiger partial charge in [0, 0.05) is 24.3 Å². The zero-order valence-corrected chi connectivity index (χ0v) is 10.3. The molecule has 2 heterocycles. The molecule has 3 rings (SSSR count). The summed E-state index contributed by atoms with van der Waals surface area (Å²) in [6, 6.07) is 0. The zero-order chi connectivity index (χ0) is 12.5. The van der Waals surface area contributed by atoms with Gasteiger partial charge in [-0.2, -0.15) is 0 Å². The van der Waals surface area contributed by atoms with Crippen LogP contribution < -0.4 is 4.90 Å². The van der Waals surface area contributed by atoms with Crippen LogP contribution in [-0.2, 0) is 17.6 Å². The van der Waals surface area contributed by atoms with Crippen LogP contribution in [0.15, 0.2) is 6.33 Å². The second kappa shape index (κ2) is 4.55. The van der Waals surface area contributed by atoms with Crippen molar-refractivity contribution in [2.75, 3.05) is 18.0 Å². The number of fused-ring (bicyclic) bond motifs is 1. The predicted molar refractivity (Wildman–Crippen MR) is 66.6 cm³/mol. The highest BCUT2D eigenvalue weighted by atomic mass is 16.4. The predicted octanol–water partition coefficient (Wildman–Crippen LogP) is 1.27. The molecule has 0 aromatic carbocycles. The van der Waals surface area contributed by atoms with E-state index in [9.17, 15) is 4.79 Å². The number of hydrogen-bond donors (Lipinski definition) is 1. The number of carbonyl (C=O) groups is 1. The highest BCUT2D eigenvalue weighted by Gasteiger charge is 2.28. The maximum absolute atomic E-state index is 11.1. The van der Waals surface area contributed by atoms with E-state index < -0.39 is 5.97 Å². The van der Waals surface area contributed by atoms with Crippen molar-refractivity contribution in [3.63, 3.8) is 0 Å². The van der Waals surface area contributed by atoms with Crippen molar-refractivity contribution in [3.8, 4) is 0 Å². The SMILES string of the molecule is O=C(O)C1CCCN(c2ncnc3c2CCC3)C1. The van der Waals surface area contributed by atoms with E-state index >= 15 is 0 Å². The van der Waals surface area contributed by atoms with E-state index in [0.717, 1.165) is 50.2 Å². The number of rotatable bonds is 2. The summed E-state index contributed by atoms with van der Waals surface area (Å²) in [7, 11) is 0. The third-order valence-electron chi connectivity index (χ3n) is 3.92. The minimum atomic E-state index is -0.689. The largest absolute Gasteiger partial charge is 0.481 e. The van der Waals surface area contributed by atoms with Crippen molar-refractivity contribution in [3.05, 3.63) is 17.6 Å². The molecule has 1 unspecified atom stereocenters. The Morgan fingerprint density at radius 2 is 2.22 bits per heavy atom. The van der Waals surface area contributed by atoms with Crippen LogP contribution in [0.4, 0.5) is 5.82 Å². The Morgan fingerprint density at radius 3 is 3.06 bits per heavy atom. The Bertz CT molecular complexity index is 475. The average Bonchev–Trinajstić information content (AvgIpc) is 2.87. The summed E-state index contributed by atoms with van der Waals surface area (Å²) < 4.78 is 0. The normalized spacial score (nSPS) is 22.9. The minimum Gasteiger partial charge on any atom is -0.481 e. The zero-order valence-electron chi connectivity index (χ0n) is 10.3. The fraction of sp³-hybridized carbons (Fsp3) is 0.615. The maximum atomic E-state index is 11.1. The summed E-state index contributed by atoms with van der Waals surface area (Å²) >= 11 is 0. The Hall–Kier alpha value is -1.65. The van der Waals surface area contributed by atoms with Crippen molar-refractivity contribution < 1.29 is 9.90 Å². The third-order valence-corrected chi connectivity index (χ3v) is 3.92. The van der Waals surface area contributed by atoms with Crippen LogP contribution in [0, 0.1) is 5.92 Å². The second-order valence-corrected chi connectivity index (χ2v) is 5.10. The summed E-state index contributed by atoms with van der Waals surface area (Å²) in [4.78, 5) is 21.9. The Balaban J connectivity index is 1.86. The monoisotopic (exact) mass is 247 g/mol. The lowest BCUT2D eigenvalue weighted by Crippen LogP contribution is -2.39. The molecule has 0 saturated carbocycles. The molecule has 96 valence electrons. The summed E-state index contributed by atoms with van der Waals surface area (Å²) in [6.07, 6.45) is 6.51. The van der Waals surface area contributed by atoms with Gasteiger partial charge in [-0.05, 0) is 32.1 Å². The van der Waals surface area contributed by atoms with Gasteiger partial charge < -0.3 is 10.0 Å². The first-order valence-electron chi connectivity index (χ1n) is 6.56. The van der Waals surface area contributed by atoms with Crippen molar-refractivity contribution in [1.82, 2.24) is 9.97 Å². The number of aromatic nitrogens is 2.